The average molecular weight is 402 g/mol. The molecule has 0 aromatic heterocycles. The summed E-state index contributed by atoms with van der Waals surface area (Å²) in [5.74, 6) is 0.520. The third-order valence-electron chi connectivity index (χ3n) is 5.36. The van der Waals surface area contributed by atoms with Gasteiger partial charge in [0.1, 0.15) is 5.75 Å². The second-order valence-electron chi connectivity index (χ2n) is 7.65. The molecular formula is C23H31O4P. The molecule has 5 heteroatoms. The van der Waals surface area contributed by atoms with Crippen molar-refractivity contribution in [3.63, 3.8) is 0 Å². The van der Waals surface area contributed by atoms with E-state index in [0.717, 1.165) is 49.7 Å². The molecule has 0 atom stereocenters. The topological polar surface area (TPSA) is 44.8 Å². The second kappa shape index (κ2) is 9.73. The van der Waals surface area contributed by atoms with Crippen molar-refractivity contribution in [2.45, 2.75) is 52.4 Å². The third kappa shape index (κ3) is 5.26. The number of phosphoric ester groups is 1. The minimum absolute atomic E-state index is 0.0533. The average Bonchev–Trinajstić information content (AvgIpc) is 2.74. The zero-order chi connectivity index (χ0) is 19.9. The second-order valence-corrected chi connectivity index (χ2v) is 9.25. The fourth-order valence-corrected chi connectivity index (χ4v) is 5.05. The predicted octanol–water partition coefficient (Wildman–Crippen LogP) is 7.25. The lowest BCUT2D eigenvalue weighted by molar-refractivity contribution is -0.0154. The van der Waals surface area contributed by atoms with Crippen LogP contribution in [0, 0.1) is 5.41 Å². The van der Waals surface area contributed by atoms with E-state index >= 15 is 0 Å². The highest BCUT2D eigenvalue weighted by molar-refractivity contribution is 7.49. The van der Waals surface area contributed by atoms with E-state index in [4.69, 9.17) is 13.6 Å². The van der Waals surface area contributed by atoms with Crippen LogP contribution in [-0.2, 0) is 13.6 Å². The lowest BCUT2D eigenvalue weighted by atomic mass is 9.80. The molecule has 2 aromatic carbocycles. The van der Waals surface area contributed by atoms with E-state index in [1.165, 1.54) is 0 Å². The molecule has 0 amide bonds. The standard InChI is InChI=1S/C23H31O4P/c1-3-5-16-23(17-6-4-2)18-25-28(24,26-19-23)27-22-15-11-10-14-21(22)20-12-8-7-9-13-20/h7-15H,3-6,16-19H2,1-2H3. The molecular weight excluding hydrogens is 371 g/mol. The van der Waals surface area contributed by atoms with Gasteiger partial charge in [0, 0.05) is 11.0 Å². The van der Waals surface area contributed by atoms with Gasteiger partial charge in [-0.25, -0.2) is 4.57 Å². The Labute approximate surface area is 168 Å². The first kappa shape index (κ1) is 21.1. The zero-order valence-electron chi connectivity index (χ0n) is 16.9. The van der Waals surface area contributed by atoms with E-state index in [2.05, 4.69) is 13.8 Å². The summed E-state index contributed by atoms with van der Waals surface area (Å²) in [7, 11) is -3.63. The lowest BCUT2D eigenvalue weighted by Crippen LogP contribution is -2.36. The van der Waals surface area contributed by atoms with Gasteiger partial charge in [-0.2, -0.15) is 0 Å². The molecule has 1 saturated heterocycles. The Hall–Kier alpha value is -1.61. The zero-order valence-corrected chi connectivity index (χ0v) is 17.8. The van der Waals surface area contributed by atoms with E-state index in [0.29, 0.717) is 19.0 Å². The summed E-state index contributed by atoms with van der Waals surface area (Å²) in [6.45, 7) is 5.23. The maximum atomic E-state index is 13.2. The number of hydrogen-bond acceptors (Lipinski definition) is 4. The van der Waals surface area contributed by atoms with Crippen molar-refractivity contribution in [3.05, 3.63) is 54.6 Å². The van der Waals surface area contributed by atoms with E-state index in [1.54, 1.807) is 0 Å². The first-order chi connectivity index (χ1) is 13.6. The van der Waals surface area contributed by atoms with E-state index in [9.17, 15) is 4.57 Å². The van der Waals surface area contributed by atoms with Crippen molar-refractivity contribution in [3.8, 4) is 16.9 Å². The van der Waals surface area contributed by atoms with Gasteiger partial charge in [0.2, 0.25) is 0 Å². The monoisotopic (exact) mass is 402 g/mol. The van der Waals surface area contributed by atoms with Crippen LogP contribution in [0.4, 0.5) is 0 Å². The number of para-hydroxylation sites is 1. The van der Waals surface area contributed by atoms with Crippen molar-refractivity contribution in [2.75, 3.05) is 13.2 Å². The van der Waals surface area contributed by atoms with Crippen molar-refractivity contribution in [2.24, 2.45) is 5.41 Å². The molecule has 0 bridgehead atoms. The number of benzene rings is 2. The molecule has 1 fully saturated rings. The largest absolute Gasteiger partial charge is 0.530 e. The SMILES string of the molecule is CCCCC1(CCCC)COP(=O)(Oc2ccccc2-c2ccccc2)OC1. The molecule has 1 heterocycles. The predicted molar refractivity (Wildman–Crippen MR) is 113 cm³/mol. The van der Waals surface area contributed by atoms with Crippen LogP contribution >= 0.6 is 7.82 Å². The summed E-state index contributed by atoms with van der Waals surface area (Å²) in [5, 5.41) is 0. The van der Waals surface area contributed by atoms with Gasteiger partial charge in [-0.05, 0) is 24.5 Å². The van der Waals surface area contributed by atoms with Gasteiger partial charge in [-0.1, -0.05) is 88.1 Å². The summed E-state index contributed by atoms with van der Waals surface area (Å²) < 4.78 is 30.6. The number of hydrogen-bond donors (Lipinski definition) is 0. The molecule has 1 aliphatic rings. The molecule has 3 rings (SSSR count). The van der Waals surface area contributed by atoms with Gasteiger partial charge in [-0.3, -0.25) is 9.05 Å². The third-order valence-corrected chi connectivity index (χ3v) is 6.67. The Balaban J connectivity index is 1.74. The van der Waals surface area contributed by atoms with Crippen molar-refractivity contribution in [1.29, 1.82) is 0 Å². The van der Waals surface area contributed by atoms with Crippen LogP contribution in [0.5, 0.6) is 5.75 Å². The molecule has 0 N–H and O–H groups in total. The minimum Gasteiger partial charge on any atom is -0.403 e. The Morgan fingerprint density at radius 2 is 1.46 bits per heavy atom. The van der Waals surface area contributed by atoms with Crippen LogP contribution in [0.15, 0.2) is 54.6 Å². The van der Waals surface area contributed by atoms with Gasteiger partial charge in [0.25, 0.3) is 0 Å². The highest BCUT2D eigenvalue weighted by Gasteiger charge is 2.43. The smallest absolute Gasteiger partial charge is 0.403 e. The molecule has 28 heavy (non-hydrogen) atoms. The Bertz CT molecular complexity index is 768. The van der Waals surface area contributed by atoms with Gasteiger partial charge in [0.15, 0.2) is 0 Å². The summed E-state index contributed by atoms with van der Waals surface area (Å²) in [5.41, 5.74) is 1.82. The number of phosphoric acid groups is 1. The fourth-order valence-electron chi connectivity index (χ4n) is 3.60. The van der Waals surface area contributed by atoms with Crippen LogP contribution < -0.4 is 4.52 Å². The van der Waals surface area contributed by atoms with Gasteiger partial charge in [-0.15, -0.1) is 0 Å². The molecule has 0 radical (unpaired) electrons. The minimum atomic E-state index is -3.63. The Morgan fingerprint density at radius 1 is 0.893 bits per heavy atom. The first-order valence-corrected chi connectivity index (χ1v) is 11.8. The first-order valence-electron chi connectivity index (χ1n) is 10.3. The van der Waals surface area contributed by atoms with Crippen LogP contribution in [0.3, 0.4) is 0 Å². The Kier molecular flexibility index (Phi) is 7.34. The molecule has 152 valence electrons. The molecule has 0 unspecified atom stereocenters. The van der Waals surface area contributed by atoms with Crippen LogP contribution in [0.1, 0.15) is 52.4 Å². The highest BCUT2D eigenvalue weighted by Crippen LogP contribution is 2.57. The van der Waals surface area contributed by atoms with Crippen molar-refractivity contribution in [1.82, 2.24) is 0 Å². The van der Waals surface area contributed by atoms with E-state index in [1.807, 2.05) is 54.6 Å². The highest BCUT2D eigenvalue weighted by atomic mass is 31.2. The molecule has 0 saturated carbocycles. The van der Waals surface area contributed by atoms with Crippen LogP contribution in [0.25, 0.3) is 11.1 Å². The molecule has 0 aliphatic carbocycles. The van der Waals surface area contributed by atoms with E-state index < -0.39 is 7.82 Å². The van der Waals surface area contributed by atoms with Crippen molar-refractivity contribution < 1.29 is 18.1 Å². The van der Waals surface area contributed by atoms with E-state index in [-0.39, 0.29) is 5.41 Å². The molecule has 1 aliphatic heterocycles. The van der Waals surface area contributed by atoms with Gasteiger partial charge in [0.05, 0.1) is 13.2 Å². The normalized spacial score (nSPS) is 17.9. The molecule has 0 spiro atoms. The fraction of sp³-hybridized carbons (Fsp3) is 0.478. The number of rotatable bonds is 9. The lowest BCUT2D eigenvalue weighted by Gasteiger charge is -2.39. The summed E-state index contributed by atoms with van der Waals surface area (Å²) >= 11 is 0. The van der Waals surface area contributed by atoms with Crippen LogP contribution in [0.2, 0.25) is 0 Å². The maximum absolute atomic E-state index is 13.2. The quantitative estimate of drug-likeness (QED) is 0.414. The summed E-state index contributed by atoms with van der Waals surface area (Å²) in [6, 6.07) is 17.5. The van der Waals surface area contributed by atoms with Gasteiger partial charge >= 0.3 is 7.82 Å². The van der Waals surface area contributed by atoms with Gasteiger partial charge < -0.3 is 4.52 Å². The molecule has 4 nitrogen and oxygen atoms in total. The number of unbranched alkanes of at least 4 members (excludes halogenated alkanes) is 2. The Morgan fingerprint density at radius 3 is 2.07 bits per heavy atom. The summed E-state index contributed by atoms with van der Waals surface area (Å²) in [6.07, 6.45) is 6.57. The maximum Gasteiger partial charge on any atom is 0.530 e. The summed E-state index contributed by atoms with van der Waals surface area (Å²) in [4.78, 5) is 0. The van der Waals surface area contributed by atoms with Crippen molar-refractivity contribution >= 4 is 7.82 Å². The van der Waals surface area contributed by atoms with Crippen LogP contribution in [-0.4, -0.2) is 13.2 Å². The molecule has 2 aromatic rings.